The molecule has 0 aliphatic heterocycles. The first-order chi connectivity index (χ1) is 9.00. The van der Waals surface area contributed by atoms with Crippen molar-refractivity contribution in [2.75, 3.05) is 6.54 Å². The molecule has 3 heteroatoms. The highest BCUT2D eigenvalue weighted by atomic mass is 16.1. The van der Waals surface area contributed by atoms with E-state index in [1.54, 1.807) is 0 Å². The Labute approximate surface area is 117 Å². The van der Waals surface area contributed by atoms with Crippen LogP contribution in [0.3, 0.4) is 0 Å². The molecule has 0 aromatic heterocycles. The molecule has 2 rings (SSSR count). The Morgan fingerprint density at radius 1 is 1.26 bits per heavy atom. The zero-order chi connectivity index (χ0) is 13.9. The molecule has 0 radical (unpaired) electrons. The van der Waals surface area contributed by atoms with Crippen LogP contribution in [0.15, 0.2) is 0 Å². The van der Waals surface area contributed by atoms with E-state index >= 15 is 0 Å². The maximum Gasteiger partial charge on any atom is 0.223 e. The first kappa shape index (κ1) is 14.8. The normalized spacial score (nSPS) is 34.8. The van der Waals surface area contributed by atoms with Gasteiger partial charge in [0, 0.05) is 18.5 Å². The molecule has 3 unspecified atom stereocenters. The second-order valence-corrected chi connectivity index (χ2v) is 7.24. The Bertz CT molecular complexity index is 310. The minimum Gasteiger partial charge on any atom is -0.355 e. The number of nitrogens with one attached hydrogen (secondary N) is 1. The third-order valence-corrected chi connectivity index (χ3v) is 5.38. The summed E-state index contributed by atoms with van der Waals surface area (Å²) in [6.45, 7) is 5.37. The van der Waals surface area contributed by atoms with E-state index in [-0.39, 0.29) is 17.9 Å². The van der Waals surface area contributed by atoms with Crippen LogP contribution in [-0.4, -0.2) is 18.5 Å². The predicted molar refractivity (Wildman–Crippen MR) is 78.7 cm³/mol. The first-order valence-electron chi connectivity index (χ1n) is 8.03. The van der Waals surface area contributed by atoms with Crippen LogP contribution in [0.2, 0.25) is 0 Å². The zero-order valence-electron chi connectivity index (χ0n) is 12.6. The summed E-state index contributed by atoms with van der Waals surface area (Å²) in [5, 5.41) is 3.20. The standard InChI is InChI=1S/C16H30N2O/c1-12-6-7-13(10-14(12)17)15(19)18-11-16(2)8-4-3-5-9-16/h12-14H,3-11,17H2,1-2H3,(H,18,19). The highest BCUT2D eigenvalue weighted by molar-refractivity contribution is 5.78. The van der Waals surface area contributed by atoms with Crippen molar-refractivity contribution < 1.29 is 4.79 Å². The lowest BCUT2D eigenvalue weighted by atomic mass is 9.75. The predicted octanol–water partition coefficient (Wildman–Crippen LogP) is 2.84. The summed E-state index contributed by atoms with van der Waals surface area (Å²) in [4.78, 5) is 12.3. The third kappa shape index (κ3) is 3.95. The van der Waals surface area contributed by atoms with Crippen molar-refractivity contribution in [3.05, 3.63) is 0 Å². The Kier molecular flexibility index (Phi) is 4.88. The van der Waals surface area contributed by atoms with Crippen LogP contribution < -0.4 is 11.1 Å². The third-order valence-electron chi connectivity index (χ3n) is 5.38. The molecule has 0 bridgehead atoms. The second kappa shape index (κ2) is 6.25. The minimum atomic E-state index is 0.151. The van der Waals surface area contributed by atoms with E-state index in [1.165, 1.54) is 32.1 Å². The van der Waals surface area contributed by atoms with Crippen molar-refractivity contribution in [1.29, 1.82) is 0 Å². The average Bonchev–Trinajstić information content (AvgIpc) is 2.40. The molecule has 3 N–H and O–H groups in total. The lowest BCUT2D eigenvalue weighted by molar-refractivity contribution is -0.127. The van der Waals surface area contributed by atoms with Crippen LogP contribution in [0.4, 0.5) is 0 Å². The molecular weight excluding hydrogens is 236 g/mol. The number of hydrogen-bond acceptors (Lipinski definition) is 2. The number of nitrogens with two attached hydrogens (primary N) is 1. The van der Waals surface area contributed by atoms with Gasteiger partial charge in [0.25, 0.3) is 0 Å². The molecule has 0 spiro atoms. The topological polar surface area (TPSA) is 55.1 Å². The molecule has 3 atom stereocenters. The molecule has 110 valence electrons. The van der Waals surface area contributed by atoms with Gasteiger partial charge in [-0.25, -0.2) is 0 Å². The van der Waals surface area contributed by atoms with Crippen LogP contribution in [-0.2, 0) is 4.79 Å². The molecule has 2 aliphatic carbocycles. The molecule has 2 fully saturated rings. The summed E-state index contributed by atoms with van der Waals surface area (Å²) in [6, 6.07) is 0.203. The van der Waals surface area contributed by atoms with Crippen LogP contribution >= 0.6 is 0 Å². The molecule has 0 saturated heterocycles. The molecular formula is C16H30N2O. The molecule has 0 aromatic carbocycles. The van der Waals surface area contributed by atoms with Gasteiger partial charge in [-0.2, -0.15) is 0 Å². The van der Waals surface area contributed by atoms with Gasteiger partial charge in [-0.1, -0.05) is 33.1 Å². The highest BCUT2D eigenvalue weighted by Gasteiger charge is 2.32. The Hall–Kier alpha value is -0.570. The number of hydrogen-bond donors (Lipinski definition) is 2. The van der Waals surface area contributed by atoms with Gasteiger partial charge in [0.05, 0.1) is 0 Å². The van der Waals surface area contributed by atoms with Gasteiger partial charge in [0.15, 0.2) is 0 Å². The van der Waals surface area contributed by atoms with Crippen LogP contribution in [0.5, 0.6) is 0 Å². The van der Waals surface area contributed by atoms with Crippen molar-refractivity contribution in [2.24, 2.45) is 23.0 Å². The molecule has 3 nitrogen and oxygen atoms in total. The number of carbonyl (C=O) groups is 1. The summed E-state index contributed by atoms with van der Waals surface area (Å²) in [5.74, 6) is 0.965. The fourth-order valence-electron chi connectivity index (χ4n) is 3.62. The molecule has 1 amide bonds. The summed E-state index contributed by atoms with van der Waals surface area (Å²) in [7, 11) is 0. The van der Waals surface area contributed by atoms with E-state index in [0.717, 1.165) is 25.8 Å². The SMILES string of the molecule is CC1CCC(C(=O)NCC2(C)CCCCC2)CC1N. The summed E-state index contributed by atoms with van der Waals surface area (Å²) in [5.41, 5.74) is 6.42. The Morgan fingerprint density at radius 2 is 1.95 bits per heavy atom. The Morgan fingerprint density at radius 3 is 2.58 bits per heavy atom. The van der Waals surface area contributed by atoms with E-state index in [1.807, 2.05) is 0 Å². The van der Waals surface area contributed by atoms with E-state index in [4.69, 9.17) is 5.73 Å². The number of rotatable bonds is 3. The van der Waals surface area contributed by atoms with Crippen molar-refractivity contribution in [3.8, 4) is 0 Å². The average molecular weight is 266 g/mol. The zero-order valence-corrected chi connectivity index (χ0v) is 12.6. The smallest absolute Gasteiger partial charge is 0.223 e. The Balaban J connectivity index is 1.78. The lowest BCUT2D eigenvalue weighted by Gasteiger charge is -2.35. The van der Waals surface area contributed by atoms with Crippen molar-refractivity contribution in [2.45, 2.75) is 71.3 Å². The van der Waals surface area contributed by atoms with E-state index in [9.17, 15) is 4.79 Å². The van der Waals surface area contributed by atoms with Gasteiger partial charge < -0.3 is 11.1 Å². The van der Waals surface area contributed by atoms with Crippen molar-refractivity contribution >= 4 is 5.91 Å². The van der Waals surface area contributed by atoms with E-state index in [0.29, 0.717) is 11.3 Å². The molecule has 19 heavy (non-hydrogen) atoms. The second-order valence-electron chi connectivity index (χ2n) is 7.24. The molecule has 0 aromatic rings. The van der Waals surface area contributed by atoms with Crippen LogP contribution in [0, 0.1) is 17.3 Å². The summed E-state index contributed by atoms with van der Waals surface area (Å²) < 4.78 is 0. The van der Waals surface area contributed by atoms with Gasteiger partial charge in [-0.05, 0) is 43.4 Å². The molecule has 2 saturated carbocycles. The largest absolute Gasteiger partial charge is 0.355 e. The van der Waals surface area contributed by atoms with Crippen LogP contribution in [0.1, 0.15) is 65.2 Å². The summed E-state index contributed by atoms with van der Waals surface area (Å²) in [6.07, 6.45) is 9.48. The molecule has 2 aliphatic rings. The summed E-state index contributed by atoms with van der Waals surface area (Å²) >= 11 is 0. The van der Waals surface area contributed by atoms with Gasteiger partial charge in [-0.3, -0.25) is 4.79 Å². The van der Waals surface area contributed by atoms with Gasteiger partial charge >= 0.3 is 0 Å². The lowest BCUT2D eigenvalue weighted by Crippen LogP contribution is -2.44. The van der Waals surface area contributed by atoms with Crippen molar-refractivity contribution in [3.63, 3.8) is 0 Å². The minimum absolute atomic E-state index is 0.151. The number of amides is 1. The van der Waals surface area contributed by atoms with Crippen molar-refractivity contribution in [1.82, 2.24) is 5.32 Å². The van der Waals surface area contributed by atoms with Gasteiger partial charge in [-0.15, -0.1) is 0 Å². The maximum absolute atomic E-state index is 12.3. The number of carbonyl (C=O) groups excluding carboxylic acids is 1. The quantitative estimate of drug-likeness (QED) is 0.825. The monoisotopic (exact) mass is 266 g/mol. The van der Waals surface area contributed by atoms with Crippen LogP contribution in [0.25, 0.3) is 0 Å². The first-order valence-corrected chi connectivity index (χ1v) is 8.03. The fraction of sp³-hybridized carbons (Fsp3) is 0.938. The van der Waals surface area contributed by atoms with E-state index in [2.05, 4.69) is 19.2 Å². The van der Waals surface area contributed by atoms with Gasteiger partial charge in [0.1, 0.15) is 0 Å². The fourth-order valence-corrected chi connectivity index (χ4v) is 3.62. The van der Waals surface area contributed by atoms with E-state index < -0.39 is 0 Å². The highest BCUT2D eigenvalue weighted by Crippen LogP contribution is 2.35. The maximum atomic E-state index is 12.3. The van der Waals surface area contributed by atoms with Gasteiger partial charge in [0.2, 0.25) is 5.91 Å². The molecule has 0 heterocycles.